The molecule has 1 N–H and O–H groups in total. The fourth-order valence-corrected chi connectivity index (χ4v) is 2.07. The van der Waals surface area contributed by atoms with Gasteiger partial charge in [-0.2, -0.15) is 13.2 Å². The molecule has 110 valence electrons. The summed E-state index contributed by atoms with van der Waals surface area (Å²) in [4.78, 5) is 12.1. The molecule has 0 fully saturated rings. The number of aryl methyl sites for hydroxylation is 2. The van der Waals surface area contributed by atoms with Crippen LogP contribution in [0.15, 0.2) is 42.5 Å². The van der Waals surface area contributed by atoms with Crippen LogP contribution in [-0.4, -0.2) is 5.91 Å². The molecule has 0 heterocycles. The van der Waals surface area contributed by atoms with Crippen molar-refractivity contribution in [1.82, 2.24) is 0 Å². The fourth-order valence-electron chi connectivity index (χ4n) is 2.07. The Balaban J connectivity index is 2.33. The number of nitrogens with one attached hydrogen (secondary N) is 1. The smallest absolute Gasteiger partial charge is 0.322 e. The van der Waals surface area contributed by atoms with Crippen LogP contribution in [-0.2, 0) is 6.18 Å². The molecule has 1 amide bonds. The third kappa shape index (κ3) is 3.42. The summed E-state index contributed by atoms with van der Waals surface area (Å²) >= 11 is 0. The topological polar surface area (TPSA) is 29.1 Å². The molecule has 2 aromatic carbocycles. The predicted molar refractivity (Wildman–Crippen MR) is 75.3 cm³/mol. The molecule has 0 aliphatic heterocycles. The number of anilines is 1. The number of rotatable bonds is 2. The van der Waals surface area contributed by atoms with Crippen LogP contribution in [0.4, 0.5) is 18.9 Å². The van der Waals surface area contributed by atoms with Crippen LogP contribution in [0.3, 0.4) is 0 Å². The zero-order chi connectivity index (χ0) is 15.6. The minimum absolute atomic E-state index is 0.384. The Bertz CT molecular complexity index is 677. The molecule has 0 saturated carbocycles. The Morgan fingerprint density at radius 2 is 1.71 bits per heavy atom. The largest absolute Gasteiger partial charge is 0.417 e. The van der Waals surface area contributed by atoms with Gasteiger partial charge in [-0.1, -0.05) is 29.8 Å². The summed E-state index contributed by atoms with van der Waals surface area (Å²) in [5.41, 5.74) is 0.994. The average Bonchev–Trinajstić information content (AvgIpc) is 2.41. The van der Waals surface area contributed by atoms with Crippen LogP contribution < -0.4 is 5.32 Å². The van der Waals surface area contributed by atoms with Crippen LogP contribution in [0.25, 0.3) is 0 Å². The van der Waals surface area contributed by atoms with Crippen molar-refractivity contribution in [2.75, 3.05) is 5.32 Å². The lowest BCUT2D eigenvalue weighted by atomic mass is 10.1. The summed E-state index contributed by atoms with van der Waals surface area (Å²) in [5.74, 6) is -0.769. The quantitative estimate of drug-likeness (QED) is 0.863. The van der Waals surface area contributed by atoms with E-state index in [9.17, 15) is 18.0 Å². The van der Waals surface area contributed by atoms with Crippen LogP contribution in [0.5, 0.6) is 0 Å². The van der Waals surface area contributed by atoms with Gasteiger partial charge in [0.05, 0.1) is 11.1 Å². The van der Waals surface area contributed by atoms with E-state index in [0.717, 1.165) is 17.2 Å². The highest BCUT2D eigenvalue weighted by Crippen LogP contribution is 2.32. The van der Waals surface area contributed by atoms with Gasteiger partial charge in [0.15, 0.2) is 0 Å². The van der Waals surface area contributed by atoms with Crippen molar-refractivity contribution >= 4 is 11.6 Å². The summed E-state index contributed by atoms with van der Waals surface area (Å²) in [7, 11) is 0. The number of carbonyl (C=O) groups excluding carboxylic acids is 1. The minimum atomic E-state index is -4.56. The summed E-state index contributed by atoms with van der Waals surface area (Å²) in [5, 5.41) is 2.53. The number of hydrogen-bond donors (Lipinski definition) is 1. The second-order valence-electron chi connectivity index (χ2n) is 4.82. The number of halogens is 3. The van der Waals surface area contributed by atoms with Crippen LogP contribution in [0.1, 0.15) is 27.0 Å². The molecule has 0 aliphatic carbocycles. The first kappa shape index (κ1) is 15.1. The normalized spacial score (nSPS) is 11.3. The molecule has 0 unspecified atom stereocenters. The lowest BCUT2D eigenvalue weighted by molar-refractivity contribution is -0.137. The maximum absolute atomic E-state index is 12.9. The zero-order valence-corrected chi connectivity index (χ0v) is 11.6. The molecule has 2 rings (SSSR count). The average molecular weight is 293 g/mol. The van der Waals surface area contributed by atoms with E-state index in [1.807, 2.05) is 13.0 Å². The molecule has 0 saturated heterocycles. The highest BCUT2D eigenvalue weighted by molar-refractivity contribution is 6.05. The van der Waals surface area contributed by atoms with Crippen molar-refractivity contribution in [3.05, 3.63) is 64.7 Å². The summed E-state index contributed by atoms with van der Waals surface area (Å²) in [6, 6.07) is 10.1. The Morgan fingerprint density at radius 3 is 2.33 bits per heavy atom. The van der Waals surface area contributed by atoms with Crippen LogP contribution in [0, 0.1) is 13.8 Å². The monoisotopic (exact) mass is 293 g/mol. The summed E-state index contributed by atoms with van der Waals surface area (Å²) in [6.07, 6.45) is -4.56. The van der Waals surface area contributed by atoms with E-state index in [-0.39, 0.29) is 5.56 Å². The molecule has 0 spiro atoms. The number of alkyl halides is 3. The van der Waals surface area contributed by atoms with E-state index in [2.05, 4.69) is 5.32 Å². The van der Waals surface area contributed by atoms with Crippen molar-refractivity contribution in [1.29, 1.82) is 0 Å². The lowest BCUT2D eigenvalue weighted by Crippen LogP contribution is -2.19. The fraction of sp³-hybridized carbons (Fsp3) is 0.188. The molecule has 0 aliphatic rings. The van der Waals surface area contributed by atoms with E-state index in [1.165, 1.54) is 18.2 Å². The molecule has 0 atom stereocenters. The SMILES string of the molecule is Cc1ccc(NC(=O)c2ccccc2C(F)(F)F)c(C)c1. The molecule has 2 nitrogen and oxygen atoms in total. The number of benzene rings is 2. The third-order valence-corrected chi connectivity index (χ3v) is 3.11. The van der Waals surface area contributed by atoms with Gasteiger partial charge in [-0.3, -0.25) is 4.79 Å². The Kier molecular flexibility index (Phi) is 4.02. The van der Waals surface area contributed by atoms with Gasteiger partial charge in [-0.25, -0.2) is 0 Å². The van der Waals surface area contributed by atoms with Crippen molar-refractivity contribution in [3.63, 3.8) is 0 Å². The number of hydrogen-bond acceptors (Lipinski definition) is 1. The second kappa shape index (κ2) is 5.60. The van der Waals surface area contributed by atoms with Gasteiger partial charge in [0, 0.05) is 5.69 Å². The van der Waals surface area contributed by atoms with Gasteiger partial charge >= 0.3 is 6.18 Å². The van der Waals surface area contributed by atoms with Gasteiger partial charge in [-0.05, 0) is 37.6 Å². The van der Waals surface area contributed by atoms with Gasteiger partial charge in [0.2, 0.25) is 0 Å². The van der Waals surface area contributed by atoms with Crippen molar-refractivity contribution in [2.24, 2.45) is 0 Å². The van der Waals surface area contributed by atoms with Crippen molar-refractivity contribution in [3.8, 4) is 0 Å². The zero-order valence-electron chi connectivity index (χ0n) is 11.6. The van der Waals surface area contributed by atoms with Gasteiger partial charge in [0.25, 0.3) is 5.91 Å². The molecule has 21 heavy (non-hydrogen) atoms. The molecule has 0 aromatic heterocycles. The van der Waals surface area contributed by atoms with E-state index < -0.39 is 17.6 Å². The molecule has 5 heteroatoms. The Labute approximate surface area is 120 Å². The first-order chi connectivity index (χ1) is 9.79. The van der Waals surface area contributed by atoms with E-state index in [0.29, 0.717) is 5.69 Å². The first-order valence-electron chi connectivity index (χ1n) is 6.34. The van der Waals surface area contributed by atoms with Gasteiger partial charge < -0.3 is 5.32 Å². The summed E-state index contributed by atoms with van der Waals surface area (Å²) in [6.45, 7) is 3.69. The van der Waals surface area contributed by atoms with Gasteiger partial charge in [0.1, 0.15) is 0 Å². The standard InChI is InChI=1S/C16H14F3NO/c1-10-7-8-14(11(2)9-10)20-15(21)12-5-3-4-6-13(12)16(17,18)19/h3-9H,1-2H3,(H,20,21). The minimum Gasteiger partial charge on any atom is -0.322 e. The van der Waals surface area contributed by atoms with Crippen molar-refractivity contribution < 1.29 is 18.0 Å². The molecule has 2 aromatic rings. The van der Waals surface area contributed by atoms with Crippen LogP contribution in [0.2, 0.25) is 0 Å². The maximum atomic E-state index is 12.9. The van der Waals surface area contributed by atoms with Crippen molar-refractivity contribution in [2.45, 2.75) is 20.0 Å². The van der Waals surface area contributed by atoms with E-state index in [1.54, 1.807) is 19.1 Å². The second-order valence-corrected chi connectivity index (χ2v) is 4.82. The Hall–Kier alpha value is -2.30. The third-order valence-electron chi connectivity index (χ3n) is 3.11. The van der Waals surface area contributed by atoms with Gasteiger partial charge in [-0.15, -0.1) is 0 Å². The highest BCUT2D eigenvalue weighted by atomic mass is 19.4. The molecule has 0 radical (unpaired) electrons. The lowest BCUT2D eigenvalue weighted by Gasteiger charge is -2.14. The molecular formula is C16H14F3NO. The molecule has 0 bridgehead atoms. The predicted octanol–water partition coefficient (Wildman–Crippen LogP) is 4.57. The maximum Gasteiger partial charge on any atom is 0.417 e. The number of carbonyl (C=O) groups is 1. The highest BCUT2D eigenvalue weighted by Gasteiger charge is 2.34. The summed E-state index contributed by atoms with van der Waals surface area (Å²) < 4.78 is 38.7. The first-order valence-corrected chi connectivity index (χ1v) is 6.34. The molecular weight excluding hydrogens is 279 g/mol. The Morgan fingerprint density at radius 1 is 1.05 bits per heavy atom. The van der Waals surface area contributed by atoms with Crippen LogP contribution >= 0.6 is 0 Å². The van der Waals surface area contributed by atoms with E-state index in [4.69, 9.17) is 0 Å². The number of amides is 1. The van der Waals surface area contributed by atoms with E-state index >= 15 is 0 Å².